The van der Waals surface area contributed by atoms with Gasteiger partial charge in [-0.15, -0.1) is 0 Å². The zero-order chi connectivity index (χ0) is 18.4. The van der Waals surface area contributed by atoms with Gasteiger partial charge in [-0.2, -0.15) is 0 Å². The van der Waals surface area contributed by atoms with Crippen molar-refractivity contribution in [2.45, 2.75) is 58.2 Å². The molecule has 0 bridgehead atoms. The number of aliphatic hydroxyl groups is 3. The molecule has 1 aliphatic heterocycles. The Morgan fingerprint density at radius 1 is 1.32 bits per heavy atom. The van der Waals surface area contributed by atoms with Gasteiger partial charge in [0.05, 0.1) is 18.3 Å². The maximum absolute atomic E-state index is 11.8. The summed E-state index contributed by atoms with van der Waals surface area (Å²) in [6.07, 6.45) is 4.42. The first kappa shape index (κ1) is 18.6. The Morgan fingerprint density at radius 3 is 2.64 bits per heavy atom. The number of cyclic esters (lactones) is 1. The largest absolute Gasteiger partial charge is 0.459 e. The molecule has 3 fully saturated rings. The van der Waals surface area contributed by atoms with Crippen LogP contribution in [0, 0.1) is 22.7 Å². The predicted molar refractivity (Wildman–Crippen MR) is 93.6 cm³/mol. The Labute approximate surface area is 149 Å². The standard InChI is InChI=1S/C20H30O5/c1-12-4-7-16-19(2,9-8-17(23)20(16,3)11-21)14(12)6-5-13-15(22)10-25-18(13)24/h5,14-17,21-23H,1,4,6-11H2,2-3H3/b13-5-/t14-,15-,16-,17+,19-,20-/m0/s1. The third-order valence-corrected chi connectivity index (χ3v) is 7.23. The minimum Gasteiger partial charge on any atom is -0.459 e. The van der Waals surface area contributed by atoms with Crippen LogP contribution in [-0.4, -0.2) is 46.7 Å². The van der Waals surface area contributed by atoms with Crippen molar-refractivity contribution >= 4 is 5.97 Å². The van der Waals surface area contributed by atoms with Crippen molar-refractivity contribution in [3.8, 4) is 0 Å². The maximum Gasteiger partial charge on any atom is 0.336 e. The summed E-state index contributed by atoms with van der Waals surface area (Å²) < 4.78 is 4.90. The molecule has 0 aromatic carbocycles. The van der Waals surface area contributed by atoms with Gasteiger partial charge >= 0.3 is 5.97 Å². The minimum absolute atomic E-state index is 0.0280. The van der Waals surface area contributed by atoms with Crippen LogP contribution in [-0.2, 0) is 9.53 Å². The van der Waals surface area contributed by atoms with Crippen LogP contribution in [0.3, 0.4) is 0 Å². The fourth-order valence-electron chi connectivity index (χ4n) is 5.56. The van der Waals surface area contributed by atoms with E-state index >= 15 is 0 Å². The molecule has 25 heavy (non-hydrogen) atoms. The highest BCUT2D eigenvalue weighted by Gasteiger charge is 2.57. The first-order valence-corrected chi connectivity index (χ1v) is 9.26. The lowest BCUT2D eigenvalue weighted by atomic mass is 9.46. The molecule has 3 N–H and O–H groups in total. The molecular weight excluding hydrogens is 320 g/mol. The van der Waals surface area contributed by atoms with E-state index < -0.39 is 23.6 Å². The molecule has 0 unspecified atom stereocenters. The zero-order valence-electron chi connectivity index (χ0n) is 15.2. The topological polar surface area (TPSA) is 87.0 Å². The molecule has 3 rings (SSSR count). The number of esters is 1. The van der Waals surface area contributed by atoms with Gasteiger partial charge in [0.1, 0.15) is 12.7 Å². The smallest absolute Gasteiger partial charge is 0.336 e. The van der Waals surface area contributed by atoms with Crippen molar-refractivity contribution in [1.82, 2.24) is 0 Å². The lowest BCUT2D eigenvalue weighted by molar-refractivity contribution is -0.151. The average Bonchev–Trinajstić information content (AvgIpc) is 2.89. The Balaban J connectivity index is 1.89. The van der Waals surface area contributed by atoms with Crippen LogP contribution >= 0.6 is 0 Å². The molecule has 6 atom stereocenters. The Morgan fingerprint density at radius 2 is 2.04 bits per heavy atom. The van der Waals surface area contributed by atoms with Crippen LogP contribution in [0.2, 0.25) is 0 Å². The molecule has 5 heteroatoms. The average molecular weight is 350 g/mol. The Kier molecular flexibility index (Phi) is 4.86. The summed E-state index contributed by atoms with van der Waals surface area (Å²) in [5, 5.41) is 30.4. The van der Waals surface area contributed by atoms with E-state index in [4.69, 9.17) is 4.74 Å². The third-order valence-electron chi connectivity index (χ3n) is 7.23. The summed E-state index contributed by atoms with van der Waals surface area (Å²) in [5.41, 5.74) is 0.911. The first-order valence-electron chi connectivity index (χ1n) is 9.26. The van der Waals surface area contributed by atoms with E-state index in [2.05, 4.69) is 13.5 Å². The van der Waals surface area contributed by atoms with E-state index in [1.165, 1.54) is 0 Å². The van der Waals surface area contributed by atoms with Gasteiger partial charge in [0.25, 0.3) is 0 Å². The summed E-state index contributed by atoms with van der Waals surface area (Å²) in [6.45, 7) is 8.50. The van der Waals surface area contributed by atoms with Gasteiger partial charge < -0.3 is 20.1 Å². The van der Waals surface area contributed by atoms with E-state index in [1.54, 1.807) is 0 Å². The van der Waals surface area contributed by atoms with Crippen LogP contribution in [0.15, 0.2) is 23.8 Å². The second kappa shape index (κ2) is 6.53. The molecular formula is C20H30O5. The Bertz CT molecular complexity index is 597. The van der Waals surface area contributed by atoms with Gasteiger partial charge in [-0.3, -0.25) is 0 Å². The first-order chi connectivity index (χ1) is 11.7. The van der Waals surface area contributed by atoms with Crippen molar-refractivity contribution < 1.29 is 24.9 Å². The van der Waals surface area contributed by atoms with Crippen LogP contribution in [0.1, 0.15) is 46.0 Å². The summed E-state index contributed by atoms with van der Waals surface area (Å²) in [6, 6.07) is 0. The number of hydrogen-bond donors (Lipinski definition) is 3. The van der Waals surface area contributed by atoms with Crippen molar-refractivity contribution in [2.24, 2.45) is 22.7 Å². The van der Waals surface area contributed by atoms with Crippen molar-refractivity contribution in [3.63, 3.8) is 0 Å². The van der Waals surface area contributed by atoms with Crippen LogP contribution in [0.5, 0.6) is 0 Å². The highest BCUT2D eigenvalue weighted by molar-refractivity contribution is 5.91. The summed E-state index contributed by atoms with van der Waals surface area (Å²) >= 11 is 0. The molecule has 0 spiro atoms. The van der Waals surface area contributed by atoms with Crippen LogP contribution in [0.25, 0.3) is 0 Å². The van der Waals surface area contributed by atoms with E-state index in [0.29, 0.717) is 18.4 Å². The molecule has 5 nitrogen and oxygen atoms in total. The number of carbonyl (C=O) groups is 1. The lowest BCUT2D eigenvalue weighted by Crippen LogP contribution is -2.57. The van der Waals surface area contributed by atoms with Gasteiger partial charge in [0.2, 0.25) is 0 Å². The molecule has 1 heterocycles. The van der Waals surface area contributed by atoms with Crippen molar-refractivity contribution in [2.75, 3.05) is 13.2 Å². The van der Waals surface area contributed by atoms with Crippen LogP contribution < -0.4 is 0 Å². The highest BCUT2D eigenvalue weighted by atomic mass is 16.6. The molecule has 2 saturated carbocycles. The molecule has 0 amide bonds. The van der Waals surface area contributed by atoms with Gasteiger partial charge in [-0.1, -0.05) is 32.1 Å². The maximum atomic E-state index is 11.8. The number of ether oxygens (including phenoxy) is 1. The molecule has 0 aromatic rings. The summed E-state index contributed by atoms with van der Waals surface area (Å²) in [4.78, 5) is 11.8. The van der Waals surface area contributed by atoms with Gasteiger partial charge in [0.15, 0.2) is 0 Å². The zero-order valence-corrected chi connectivity index (χ0v) is 15.2. The van der Waals surface area contributed by atoms with E-state index in [0.717, 1.165) is 24.8 Å². The lowest BCUT2D eigenvalue weighted by Gasteiger charge is -2.59. The molecule has 0 radical (unpaired) electrons. The fraction of sp³-hybridized carbons (Fsp3) is 0.750. The molecule has 0 aromatic heterocycles. The molecule has 2 aliphatic carbocycles. The number of fused-ring (bicyclic) bond motifs is 1. The van der Waals surface area contributed by atoms with Crippen molar-refractivity contribution in [1.29, 1.82) is 0 Å². The third kappa shape index (κ3) is 2.86. The highest BCUT2D eigenvalue weighted by Crippen LogP contribution is 2.61. The minimum atomic E-state index is -0.844. The van der Waals surface area contributed by atoms with Crippen LogP contribution in [0.4, 0.5) is 0 Å². The predicted octanol–water partition coefficient (Wildman–Crippen LogP) is 1.96. The van der Waals surface area contributed by atoms with E-state index in [-0.39, 0.29) is 30.5 Å². The summed E-state index contributed by atoms with van der Waals surface area (Å²) in [5.74, 6) is -0.0734. The number of rotatable bonds is 3. The number of aliphatic hydroxyl groups excluding tert-OH is 3. The quantitative estimate of drug-likeness (QED) is 0.411. The summed E-state index contributed by atoms with van der Waals surface area (Å²) in [7, 11) is 0. The van der Waals surface area contributed by atoms with Gasteiger partial charge in [-0.25, -0.2) is 4.79 Å². The Hall–Kier alpha value is -1.17. The van der Waals surface area contributed by atoms with Crippen molar-refractivity contribution in [3.05, 3.63) is 23.8 Å². The molecule has 1 saturated heterocycles. The number of hydrogen-bond acceptors (Lipinski definition) is 5. The van der Waals surface area contributed by atoms with E-state index in [1.807, 2.05) is 13.0 Å². The van der Waals surface area contributed by atoms with E-state index in [9.17, 15) is 20.1 Å². The second-order valence-corrected chi connectivity index (χ2v) is 8.54. The van der Waals surface area contributed by atoms with Gasteiger partial charge in [-0.05, 0) is 49.4 Å². The second-order valence-electron chi connectivity index (χ2n) is 8.54. The monoisotopic (exact) mass is 350 g/mol. The number of carbonyl (C=O) groups excluding carboxylic acids is 1. The molecule has 3 aliphatic rings. The molecule has 140 valence electrons. The SMILES string of the molecule is C=C1CC[C@@H]2[C@](C)(CO)[C@H](O)CC[C@@]2(C)[C@H]1C/C=C1\C(=O)OC[C@@H]1O. The van der Waals surface area contributed by atoms with Gasteiger partial charge in [0, 0.05) is 5.41 Å². The normalized spacial score (nSPS) is 46.2. The number of allylic oxidation sites excluding steroid dienone is 2. The fourth-order valence-corrected chi connectivity index (χ4v) is 5.56.